The van der Waals surface area contributed by atoms with Gasteiger partial charge in [0.05, 0.1) is 12.3 Å². The minimum atomic E-state index is -0.146. The highest BCUT2D eigenvalue weighted by molar-refractivity contribution is 14.1. The summed E-state index contributed by atoms with van der Waals surface area (Å²) in [5, 5.41) is 0. The van der Waals surface area contributed by atoms with E-state index in [4.69, 9.17) is 9.47 Å². The average Bonchev–Trinajstić information content (AvgIpc) is 2.22. The molecule has 0 saturated heterocycles. The van der Waals surface area contributed by atoms with E-state index in [9.17, 15) is 4.79 Å². The molecule has 0 saturated carbocycles. The first kappa shape index (κ1) is 12.6. The molecule has 0 bridgehead atoms. The molecule has 1 heterocycles. The Labute approximate surface area is 101 Å². The monoisotopic (exact) mass is 324 g/mol. The van der Waals surface area contributed by atoms with Gasteiger partial charge in [-0.15, -0.1) is 0 Å². The van der Waals surface area contributed by atoms with Crippen LogP contribution in [-0.4, -0.2) is 23.7 Å². The second-order valence-electron chi connectivity index (χ2n) is 2.84. The lowest BCUT2D eigenvalue weighted by Crippen LogP contribution is -2.19. The SMILES string of the molecule is CCOCc1nc(COC)c(I)c(=O)[nH]1. The summed E-state index contributed by atoms with van der Waals surface area (Å²) in [6.45, 7) is 3.14. The summed E-state index contributed by atoms with van der Waals surface area (Å²) < 4.78 is 10.7. The van der Waals surface area contributed by atoms with E-state index < -0.39 is 0 Å². The summed E-state index contributed by atoms with van der Waals surface area (Å²) in [6, 6.07) is 0. The summed E-state index contributed by atoms with van der Waals surface area (Å²) in [6.07, 6.45) is 0. The molecule has 0 fully saturated rings. The van der Waals surface area contributed by atoms with Crippen molar-refractivity contribution in [2.45, 2.75) is 20.1 Å². The Bertz CT molecular complexity index is 378. The van der Waals surface area contributed by atoms with E-state index in [0.29, 0.717) is 34.9 Å². The maximum absolute atomic E-state index is 11.5. The highest BCUT2D eigenvalue weighted by Crippen LogP contribution is 2.06. The molecule has 0 radical (unpaired) electrons. The molecule has 0 unspecified atom stereocenters. The normalized spacial score (nSPS) is 10.6. The van der Waals surface area contributed by atoms with E-state index in [2.05, 4.69) is 9.97 Å². The molecule has 0 spiro atoms. The molecule has 0 aliphatic rings. The highest BCUT2D eigenvalue weighted by Gasteiger charge is 2.08. The summed E-state index contributed by atoms with van der Waals surface area (Å²) in [5.41, 5.74) is 0.504. The van der Waals surface area contributed by atoms with Gasteiger partial charge in [0.1, 0.15) is 16.0 Å². The number of hydrogen-bond acceptors (Lipinski definition) is 4. The number of aromatic nitrogens is 2. The van der Waals surface area contributed by atoms with Gasteiger partial charge in [-0.2, -0.15) is 0 Å². The Morgan fingerprint density at radius 1 is 1.47 bits per heavy atom. The molecule has 1 rings (SSSR count). The van der Waals surface area contributed by atoms with Crippen molar-refractivity contribution < 1.29 is 9.47 Å². The Balaban J connectivity index is 2.95. The first-order chi connectivity index (χ1) is 7.19. The van der Waals surface area contributed by atoms with Crippen molar-refractivity contribution in [2.24, 2.45) is 0 Å². The van der Waals surface area contributed by atoms with Gasteiger partial charge in [-0.3, -0.25) is 4.79 Å². The topological polar surface area (TPSA) is 64.2 Å². The zero-order chi connectivity index (χ0) is 11.3. The summed E-state index contributed by atoms with van der Waals surface area (Å²) in [5.74, 6) is 0.536. The standard InChI is InChI=1S/C9H13IN2O3/c1-3-15-5-7-11-6(4-14-2)8(10)9(13)12-7/h3-5H2,1-2H3,(H,11,12,13). The van der Waals surface area contributed by atoms with Crippen molar-refractivity contribution in [3.63, 3.8) is 0 Å². The van der Waals surface area contributed by atoms with E-state index in [-0.39, 0.29) is 5.56 Å². The van der Waals surface area contributed by atoms with Gasteiger partial charge >= 0.3 is 0 Å². The molecule has 1 aromatic heterocycles. The van der Waals surface area contributed by atoms with Crippen molar-refractivity contribution in [3.8, 4) is 0 Å². The molecule has 84 valence electrons. The smallest absolute Gasteiger partial charge is 0.264 e. The van der Waals surface area contributed by atoms with Crippen molar-refractivity contribution in [1.82, 2.24) is 9.97 Å². The fourth-order valence-corrected chi connectivity index (χ4v) is 1.47. The van der Waals surface area contributed by atoms with Crippen molar-refractivity contribution in [2.75, 3.05) is 13.7 Å². The van der Waals surface area contributed by atoms with Crippen LogP contribution in [0.25, 0.3) is 0 Å². The maximum Gasteiger partial charge on any atom is 0.264 e. The van der Waals surface area contributed by atoms with Crippen LogP contribution in [0, 0.1) is 3.57 Å². The fraction of sp³-hybridized carbons (Fsp3) is 0.556. The van der Waals surface area contributed by atoms with Crippen LogP contribution < -0.4 is 5.56 Å². The number of halogens is 1. The zero-order valence-electron chi connectivity index (χ0n) is 8.67. The molecular weight excluding hydrogens is 311 g/mol. The number of nitrogens with zero attached hydrogens (tertiary/aromatic N) is 1. The van der Waals surface area contributed by atoms with Gasteiger partial charge in [0.2, 0.25) is 0 Å². The molecule has 1 N–H and O–H groups in total. The minimum Gasteiger partial charge on any atom is -0.378 e. The predicted octanol–water partition coefficient (Wildman–Crippen LogP) is 1.06. The second-order valence-corrected chi connectivity index (χ2v) is 3.92. The lowest BCUT2D eigenvalue weighted by molar-refractivity contribution is 0.126. The molecule has 0 aliphatic heterocycles. The number of methoxy groups -OCH3 is 1. The van der Waals surface area contributed by atoms with Gasteiger partial charge < -0.3 is 14.5 Å². The fourth-order valence-electron chi connectivity index (χ4n) is 1.06. The molecule has 1 aromatic rings. The van der Waals surface area contributed by atoms with E-state index in [1.165, 1.54) is 0 Å². The number of hydrogen-bond donors (Lipinski definition) is 1. The van der Waals surface area contributed by atoms with Crippen LogP contribution in [0.1, 0.15) is 18.4 Å². The third-order valence-electron chi connectivity index (χ3n) is 1.70. The number of aromatic amines is 1. The van der Waals surface area contributed by atoms with Gasteiger partial charge in [0.15, 0.2) is 0 Å². The highest BCUT2D eigenvalue weighted by atomic mass is 127. The average molecular weight is 324 g/mol. The summed E-state index contributed by atoms with van der Waals surface area (Å²) >= 11 is 1.96. The number of rotatable bonds is 5. The van der Waals surface area contributed by atoms with Crippen molar-refractivity contribution in [1.29, 1.82) is 0 Å². The van der Waals surface area contributed by atoms with Crippen LogP contribution >= 0.6 is 22.6 Å². The van der Waals surface area contributed by atoms with Crippen LogP contribution in [-0.2, 0) is 22.7 Å². The van der Waals surface area contributed by atoms with Crippen molar-refractivity contribution in [3.05, 3.63) is 25.4 Å². The Morgan fingerprint density at radius 3 is 2.80 bits per heavy atom. The molecular formula is C9H13IN2O3. The predicted molar refractivity (Wildman–Crippen MR) is 63.6 cm³/mol. The maximum atomic E-state index is 11.5. The quantitative estimate of drug-likeness (QED) is 0.823. The summed E-state index contributed by atoms with van der Waals surface area (Å²) in [7, 11) is 1.57. The van der Waals surface area contributed by atoms with Crippen LogP contribution in [0.15, 0.2) is 4.79 Å². The van der Waals surface area contributed by atoms with Gasteiger partial charge in [-0.1, -0.05) is 0 Å². The molecule has 0 aromatic carbocycles. The van der Waals surface area contributed by atoms with Gasteiger partial charge in [-0.05, 0) is 29.5 Å². The van der Waals surface area contributed by atoms with Crippen LogP contribution in [0.5, 0.6) is 0 Å². The second kappa shape index (κ2) is 6.19. The number of H-pyrrole nitrogens is 1. The molecule has 0 atom stereocenters. The first-order valence-corrected chi connectivity index (χ1v) is 5.61. The third kappa shape index (κ3) is 3.54. The molecule has 6 heteroatoms. The Hall–Kier alpha value is -0.470. The lowest BCUT2D eigenvalue weighted by atomic mass is 10.4. The van der Waals surface area contributed by atoms with E-state index in [1.807, 2.05) is 29.5 Å². The van der Waals surface area contributed by atoms with E-state index in [1.54, 1.807) is 7.11 Å². The first-order valence-electron chi connectivity index (χ1n) is 4.53. The van der Waals surface area contributed by atoms with Gasteiger partial charge in [0, 0.05) is 13.7 Å². The van der Waals surface area contributed by atoms with Crippen LogP contribution in [0.3, 0.4) is 0 Å². The Morgan fingerprint density at radius 2 is 2.20 bits per heavy atom. The Kier molecular flexibility index (Phi) is 5.20. The largest absolute Gasteiger partial charge is 0.378 e. The van der Waals surface area contributed by atoms with Crippen LogP contribution in [0.4, 0.5) is 0 Å². The summed E-state index contributed by atoms with van der Waals surface area (Å²) in [4.78, 5) is 18.4. The molecule has 5 nitrogen and oxygen atoms in total. The molecule has 15 heavy (non-hydrogen) atoms. The van der Waals surface area contributed by atoms with E-state index in [0.717, 1.165) is 0 Å². The van der Waals surface area contributed by atoms with Crippen molar-refractivity contribution >= 4 is 22.6 Å². The zero-order valence-corrected chi connectivity index (χ0v) is 10.8. The molecule has 0 amide bonds. The van der Waals surface area contributed by atoms with E-state index >= 15 is 0 Å². The lowest BCUT2D eigenvalue weighted by Gasteiger charge is -2.05. The molecule has 0 aliphatic carbocycles. The van der Waals surface area contributed by atoms with Gasteiger partial charge in [-0.25, -0.2) is 4.98 Å². The number of nitrogens with one attached hydrogen (secondary N) is 1. The minimum absolute atomic E-state index is 0.146. The van der Waals surface area contributed by atoms with Gasteiger partial charge in [0.25, 0.3) is 5.56 Å². The number of ether oxygens (including phenoxy) is 2. The van der Waals surface area contributed by atoms with Crippen LogP contribution in [0.2, 0.25) is 0 Å². The third-order valence-corrected chi connectivity index (χ3v) is 2.82.